The average molecular weight is 308 g/mol. The second-order valence-corrected chi connectivity index (χ2v) is 5.43. The van der Waals surface area contributed by atoms with Gasteiger partial charge >= 0.3 is 0 Å². The number of benzene rings is 2. The number of carbonyl (C=O) groups is 1. The van der Waals surface area contributed by atoms with Crippen molar-refractivity contribution in [3.05, 3.63) is 77.6 Å². The van der Waals surface area contributed by atoms with Gasteiger partial charge in [0.25, 0.3) is 5.91 Å². The topological polar surface area (TPSA) is 51.0 Å². The highest BCUT2D eigenvalue weighted by molar-refractivity contribution is 5.98. The van der Waals surface area contributed by atoms with Crippen molar-refractivity contribution in [1.82, 2.24) is 19.7 Å². The molecule has 1 amide bonds. The molecule has 5 nitrogen and oxygen atoms in total. The number of aromatic nitrogens is 3. The van der Waals surface area contributed by atoms with E-state index in [2.05, 4.69) is 10.1 Å². The van der Waals surface area contributed by atoms with Crippen LogP contribution in [0.5, 0.6) is 0 Å². The van der Waals surface area contributed by atoms with Crippen LogP contribution in [-0.4, -0.2) is 25.6 Å². The second-order valence-electron chi connectivity index (χ2n) is 5.43. The Morgan fingerprint density at radius 3 is 2.78 bits per heavy atom. The summed E-state index contributed by atoms with van der Waals surface area (Å²) in [5.74, 6) is -0.415. The highest BCUT2D eigenvalue weighted by Gasteiger charge is 2.27. The maximum Gasteiger partial charge on any atom is 0.254 e. The summed E-state index contributed by atoms with van der Waals surface area (Å²) in [5.41, 5.74) is 2.76. The van der Waals surface area contributed by atoms with E-state index in [1.54, 1.807) is 17.0 Å². The van der Waals surface area contributed by atoms with Crippen LogP contribution in [0.25, 0.3) is 5.69 Å². The van der Waals surface area contributed by atoms with Gasteiger partial charge in [0.15, 0.2) is 0 Å². The Morgan fingerprint density at radius 2 is 2.04 bits per heavy atom. The number of hydrogen-bond donors (Lipinski definition) is 0. The summed E-state index contributed by atoms with van der Waals surface area (Å²) < 4.78 is 15.8. The number of hydrogen-bond acceptors (Lipinski definition) is 3. The molecule has 0 atom stereocenters. The Balaban J connectivity index is 1.58. The van der Waals surface area contributed by atoms with Crippen molar-refractivity contribution in [1.29, 1.82) is 0 Å². The minimum absolute atomic E-state index is 0.0552. The molecule has 0 unspecified atom stereocenters. The predicted molar refractivity (Wildman–Crippen MR) is 81.3 cm³/mol. The zero-order chi connectivity index (χ0) is 15.8. The first-order chi connectivity index (χ1) is 11.2. The number of fused-ring (bicyclic) bond motifs is 1. The van der Waals surface area contributed by atoms with Gasteiger partial charge in [0.05, 0.1) is 5.69 Å². The molecule has 6 heteroatoms. The van der Waals surface area contributed by atoms with Crippen LogP contribution in [0.4, 0.5) is 4.39 Å². The van der Waals surface area contributed by atoms with Crippen molar-refractivity contribution >= 4 is 5.91 Å². The summed E-state index contributed by atoms with van der Waals surface area (Å²) in [5, 5.41) is 3.97. The fourth-order valence-corrected chi connectivity index (χ4v) is 2.80. The Labute approximate surface area is 132 Å². The Hall–Kier alpha value is -3.02. The third kappa shape index (κ3) is 2.38. The molecule has 0 radical (unpaired) electrons. The molecule has 1 aliphatic heterocycles. The molecule has 0 spiro atoms. The molecule has 2 aromatic carbocycles. The lowest BCUT2D eigenvalue weighted by atomic mass is 10.1. The molecular weight excluding hydrogens is 295 g/mol. The molecule has 23 heavy (non-hydrogen) atoms. The zero-order valence-electron chi connectivity index (χ0n) is 12.2. The molecule has 4 rings (SSSR count). The van der Waals surface area contributed by atoms with Gasteiger partial charge in [-0.2, -0.15) is 5.10 Å². The summed E-state index contributed by atoms with van der Waals surface area (Å²) in [6.45, 7) is 0.760. The quantitative estimate of drug-likeness (QED) is 0.747. The van der Waals surface area contributed by atoms with Crippen LogP contribution in [0.1, 0.15) is 21.5 Å². The smallest absolute Gasteiger partial charge is 0.254 e. The SMILES string of the molecule is O=C1c2ccccc2CN1Cc1ccc(-n2cncn2)cc1F. The fourth-order valence-electron chi connectivity index (χ4n) is 2.80. The molecule has 2 heterocycles. The maximum absolute atomic E-state index is 14.4. The Kier molecular flexibility index (Phi) is 3.15. The van der Waals surface area contributed by atoms with Gasteiger partial charge in [0, 0.05) is 24.2 Å². The molecule has 3 aromatic rings. The lowest BCUT2D eigenvalue weighted by Gasteiger charge is -2.16. The van der Waals surface area contributed by atoms with Gasteiger partial charge in [-0.1, -0.05) is 24.3 Å². The lowest BCUT2D eigenvalue weighted by Crippen LogP contribution is -2.23. The number of rotatable bonds is 3. The first-order valence-electron chi connectivity index (χ1n) is 7.23. The van der Waals surface area contributed by atoms with Gasteiger partial charge in [-0.25, -0.2) is 14.1 Å². The fraction of sp³-hybridized carbons (Fsp3) is 0.118. The van der Waals surface area contributed by atoms with E-state index in [1.165, 1.54) is 23.4 Å². The molecule has 0 bridgehead atoms. The van der Waals surface area contributed by atoms with E-state index in [-0.39, 0.29) is 18.3 Å². The van der Waals surface area contributed by atoms with Crippen LogP contribution < -0.4 is 0 Å². The molecule has 0 N–H and O–H groups in total. The highest BCUT2D eigenvalue weighted by atomic mass is 19.1. The normalized spacial score (nSPS) is 13.4. The van der Waals surface area contributed by atoms with Crippen LogP contribution in [-0.2, 0) is 13.1 Å². The summed E-state index contributed by atoms with van der Waals surface area (Å²) in [6, 6.07) is 12.3. The molecule has 1 aliphatic rings. The van der Waals surface area contributed by atoms with Crippen molar-refractivity contribution in [3.63, 3.8) is 0 Å². The molecule has 0 aliphatic carbocycles. The van der Waals surface area contributed by atoms with E-state index in [0.29, 0.717) is 23.4 Å². The van der Waals surface area contributed by atoms with Gasteiger partial charge in [-0.05, 0) is 23.8 Å². The van der Waals surface area contributed by atoms with E-state index >= 15 is 0 Å². The van der Waals surface area contributed by atoms with Crippen molar-refractivity contribution < 1.29 is 9.18 Å². The van der Waals surface area contributed by atoms with E-state index in [9.17, 15) is 9.18 Å². The molecule has 1 aromatic heterocycles. The second kappa shape index (κ2) is 5.31. The summed E-state index contributed by atoms with van der Waals surface area (Å²) >= 11 is 0. The summed E-state index contributed by atoms with van der Waals surface area (Å²) in [7, 11) is 0. The average Bonchev–Trinajstić information content (AvgIpc) is 3.19. The third-order valence-corrected chi connectivity index (χ3v) is 3.98. The predicted octanol–water partition coefficient (Wildman–Crippen LogP) is 2.56. The van der Waals surface area contributed by atoms with Crippen molar-refractivity contribution in [3.8, 4) is 5.69 Å². The standard InChI is InChI=1S/C17H13FN4O/c18-16-7-14(22-11-19-10-20-22)6-5-13(16)9-21-8-12-3-1-2-4-15(12)17(21)23/h1-7,10-11H,8-9H2. The molecule has 114 valence electrons. The van der Waals surface area contributed by atoms with Crippen LogP contribution in [0.3, 0.4) is 0 Å². The van der Waals surface area contributed by atoms with E-state index < -0.39 is 0 Å². The highest BCUT2D eigenvalue weighted by Crippen LogP contribution is 2.25. The van der Waals surface area contributed by atoms with Gasteiger partial charge in [-0.3, -0.25) is 4.79 Å². The largest absolute Gasteiger partial charge is 0.330 e. The molecule has 0 saturated heterocycles. The number of amides is 1. The first kappa shape index (κ1) is 13.6. The Bertz CT molecular complexity index is 876. The van der Waals surface area contributed by atoms with Gasteiger partial charge < -0.3 is 4.90 Å². The zero-order valence-corrected chi connectivity index (χ0v) is 12.2. The van der Waals surface area contributed by atoms with Gasteiger partial charge in [0.2, 0.25) is 0 Å². The maximum atomic E-state index is 14.4. The lowest BCUT2D eigenvalue weighted by molar-refractivity contribution is 0.0765. The van der Waals surface area contributed by atoms with Crippen LogP contribution in [0.15, 0.2) is 55.1 Å². The molecular formula is C17H13FN4O. The van der Waals surface area contributed by atoms with Crippen LogP contribution in [0.2, 0.25) is 0 Å². The van der Waals surface area contributed by atoms with E-state index in [1.807, 2.05) is 24.3 Å². The Morgan fingerprint density at radius 1 is 1.17 bits per heavy atom. The van der Waals surface area contributed by atoms with Gasteiger partial charge in [-0.15, -0.1) is 0 Å². The van der Waals surface area contributed by atoms with Crippen LogP contribution >= 0.6 is 0 Å². The first-order valence-corrected chi connectivity index (χ1v) is 7.23. The monoisotopic (exact) mass is 308 g/mol. The molecule has 0 saturated carbocycles. The summed E-state index contributed by atoms with van der Waals surface area (Å²) in [4.78, 5) is 17.8. The van der Waals surface area contributed by atoms with Crippen molar-refractivity contribution in [2.45, 2.75) is 13.1 Å². The van der Waals surface area contributed by atoms with Crippen LogP contribution in [0, 0.1) is 5.82 Å². The minimum Gasteiger partial charge on any atom is -0.330 e. The summed E-state index contributed by atoms with van der Waals surface area (Å²) in [6.07, 6.45) is 2.90. The minimum atomic E-state index is -0.359. The van der Waals surface area contributed by atoms with E-state index in [0.717, 1.165) is 5.56 Å². The number of nitrogens with zero attached hydrogens (tertiary/aromatic N) is 4. The third-order valence-electron chi connectivity index (χ3n) is 3.98. The number of carbonyl (C=O) groups excluding carboxylic acids is 1. The van der Waals surface area contributed by atoms with E-state index in [4.69, 9.17) is 0 Å². The van der Waals surface area contributed by atoms with Crippen molar-refractivity contribution in [2.24, 2.45) is 0 Å². The van der Waals surface area contributed by atoms with Crippen molar-refractivity contribution in [2.75, 3.05) is 0 Å². The number of halogens is 1. The van der Waals surface area contributed by atoms with Gasteiger partial charge in [0.1, 0.15) is 18.5 Å². The molecule has 0 fully saturated rings.